The second-order valence-electron chi connectivity index (χ2n) is 15.5. The summed E-state index contributed by atoms with van der Waals surface area (Å²) in [7, 11) is 0. The van der Waals surface area contributed by atoms with Gasteiger partial charge in [0.1, 0.15) is 48.3 Å². The van der Waals surface area contributed by atoms with Gasteiger partial charge in [0.2, 0.25) is 53.2 Å². The number of carbonyl (C=O) groups is 12. The van der Waals surface area contributed by atoms with E-state index in [1.165, 1.54) is 6.92 Å². The Morgan fingerprint density at radius 2 is 0.917 bits per heavy atom. The van der Waals surface area contributed by atoms with Crippen molar-refractivity contribution < 1.29 is 72.9 Å². The molecule has 0 saturated heterocycles. The molecule has 400 valence electrons. The Labute approximate surface area is 434 Å². The van der Waals surface area contributed by atoms with E-state index in [9.17, 15) is 72.9 Å². The Kier molecular flexibility index (Phi) is 29.3. The first-order valence-corrected chi connectivity index (χ1v) is 24.0. The van der Waals surface area contributed by atoms with Crippen LogP contribution in [-0.4, -0.2) is 183 Å². The highest BCUT2D eigenvalue weighted by Gasteiger charge is 2.34. The monoisotopic (exact) mass is 1090 g/mol. The van der Waals surface area contributed by atoms with Crippen LogP contribution < -0.4 is 65.1 Å². The van der Waals surface area contributed by atoms with Gasteiger partial charge in [0, 0.05) is 36.0 Å². The van der Waals surface area contributed by atoms with E-state index in [0.717, 1.165) is 0 Å². The predicted molar refractivity (Wildman–Crippen MR) is 270 cm³/mol. The molecule has 9 atom stereocenters. The molecule has 32 heteroatoms. The lowest BCUT2D eigenvalue weighted by Crippen LogP contribution is -2.60. The number of guanidine groups is 1. The zero-order valence-electron chi connectivity index (χ0n) is 38.6. The van der Waals surface area contributed by atoms with Gasteiger partial charge in [-0.2, -0.15) is 50.5 Å². The Morgan fingerprint density at radius 3 is 1.35 bits per heavy atom. The van der Waals surface area contributed by atoms with E-state index in [1.54, 1.807) is 30.3 Å². The summed E-state index contributed by atoms with van der Waals surface area (Å²) in [6.07, 6.45) is -2.32. The summed E-state index contributed by atoms with van der Waals surface area (Å²) >= 11 is 16.1. The van der Waals surface area contributed by atoms with Crippen molar-refractivity contribution in [1.82, 2.24) is 47.9 Å². The minimum Gasteiger partial charge on any atom is -0.481 e. The number of carbonyl (C=O) groups excluding carboxylic acids is 9. The first kappa shape index (κ1) is 63.5. The fourth-order valence-corrected chi connectivity index (χ4v) is 6.86. The van der Waals surface area contributed by atoms with Gasteiger partial charge in [-0.1, -0.05) is 30.3 Å². The molecule has 0 saturated carbocycles. The molecule has 0 aliphatic carbocycles. The fraction of sp³-hybridized carbons (Fsp3) is 0.525. The van der Waals surface area contributed by atoms with Crippen molar-refractivity contribution in [2.45, 2.75) is 93.4 Å². The van der Waals surface area contributed by atoms with Crippen molar-refractivity contribution >= 4 is 128 Å². The van der Waals surface area contributed by atoms with E-state index in [1.807, 2.05) is 0 Å². The molecule has 0 radical (unpaired) electrons. The minimum absolute atomic E-state index is 0.0375. The number of benzene rings is 1. The lowest BCUT2D eigenvalue weighted by molar-refractivity contribution is -0.142. The number of hydrogen-bond acceptors (Lipinski definition) is 18. The van der Waals surface area contributed by atoms with Crippen molar-refractivity contribution in [2.75, 3.05) is 36.1 Å². The van der Waals surface area contributed by atoms with E-state index >= 15 is 0 Å². The van der Waals surface area contributed by atoms with E-state index < -0.39 is 156 Å². The molecule has 0 aliphatic heterocycles. The van der Waals surface area contributed by atoms with Crippen LogP contribution >= 0.6 is 50.5 Å². The molecular weight excluding hydrogens is 1030 g/mol. The van der Waals surface area contributed by atoms with Crippen molar-refractivity contribution in [2.24, 2.45) is 22.2 Å². The highest BCUT2D eigenvalue weighted by Crippen LogP contribution is 2.07. The highest BCUT2D eigenvalue weighted by molar-refractivity contribution is 7.80. The summed E-state index contributed by atoms with van der Waals surface area (Å²) in [5.41, 5.74) is 16.8. The number of aliphatic carboxylic acids is 3. The summed E-state index contributed by atoms with van der Waals surface area (Å²) in [4.78, 5) is 157. The molecule has 0 aromatic heterocycles. The van der Waals surface area contributed by atoms with Crippen molar-refractivity contribution in [3.63, 3.8) is 0 Å². The van der Waals surface area contributed by atoms with Gasteiger partial charge in [0.25, 0.3) is 0 Å². The van der Waals surface area contributed by atoms with Gasteiger partial charge in [0.15, 0.2) is 5.96 Å². The molecule has 0 heterocycles. The Morgan fingerprint density at radius 1 is 0.528 bits per heavy atom. The third-order valence-electron chi connectivity index (χ3n) is 9.62. The minimum atomic E-state index is -1.88. The van der Waals surface area contributed by atoms with Crippen LogP contribution in [-0.2, 0) is 64.0 Å². The predicted octanol–water partition coefficient (Wildman–Crippen LogP) is -6.62. The summed E-state index contributed by atoms with van der Waals surface area (Å²) in [6, 6.07) is -5.25. The number of nitrogens with one attached hydrogen (secondary N) is 9. The highest BCUT2D eigenvalue weighted by atomic mass is 32.1. The second kappa shape index (κ2) is 33.2. The van der Waals surface area contributed by atoms with Crippen molar-refractivity contribution in [3.8, 4) is 0 Å². The molecule has 18 N–H and O–H groups in total. The van der Waals surface area contributed by atoms with E-state index in [2.05, 4.69) is 103 Å². The second-order valence-corrected chi connectivity index (χ2v) is 16.9. The molecule has 0 aliphatic rings. The molecule has 28 nitrogen and oxygen atoms in total. The van der Waals surface area contributed by atoms with Gasteiger partial charge in [-0.05, 0) is 25.3 Å². The number of hydrogen-bond donors (Lipinski definition) is 19. The van der Waals surface area contributed by atoms with Crippen LogP contribution in [0.25, 0.3) is 0 Å². The number of rotatable bonds is 33. The quantitative estimate of drug-likeness (QED) is 0.0135. The van der Waals surface area contributed by atoms with Crippen LogP contribution in [0.15, 0.2) is 35.3 Å². The third-order valence-corrected chi connectivity index (χ3v) is 11.1. The van der Waals surface area contributed by atoms with Crippen LogP contribution in [0.3, 0.4) is 0 Å². The topological polar surface area (TPSA) is 464 Å². The SMILES string of the molecule is C[C@H](N)C(=O)N[C@@H](CS)C(=O)N[C@@H](CC(=O)O)C(=O)N[C@@H](CS)C(=O)N[C@@H](CCCN=C(N)N)C(=O)NCC(=O)N[C@@H](CC(=O)O)C(=O)N[C@@H](CS)C(=O)N[C@@H](Cc1ccccc1)C(=O)N[C@@H](CS)C(=O)O. The molecular formula is C40H61N13O15S4. The Bertz CT molecular complexity index is 2120. The van der Waals surface area contributed by atoms with Crippen molar-refractivity contribution in [1.29, 1.82) is 0 Å². The standard InChI is InChI=1S/C40H61N13O15S4/c1-18(41)31(59)50-24(14-69)37(65)49-23(12-30(57)58)35(63)52-25(15-70)36(64)47-20(8-5-9-44-40(42)43)32(60)45-13-28(54)46-22(11-29(55)56)34(62)51-26(16-71)38(66)48-21(10-19-6-3-2-4-7-19)33(61)53-27(17-72)39(67)68/h2-4,6-7,18,20-27,69-72H,5,8-17,41H2,1H3,(H,45,60)(H,46,54)(H,47,64)(H,48,66)(H,49,65)(H,50,59)(H,51,62)(H,52,63)(H,53,61)(H,55,56)(H,57,58)(H,67,68)(H4,42,43,44)/t18-,20-,21-,22-,23-,24-,25-,26-,27-/m0/s1. The zero-order chi connectivity index (χ0) is 54.7. The van der Waals surface area contributed by atoms with Gasteiger partial charge in [-0.3, -0.25) is 57.7 Å². The first-order valence-electron chi connectivity index (χ1n) is 21.5. The smallest absolute Gasteiger partial charge is 0.327 e. The van der Waals surface area contributed by atoms with Crippen LogP contribution in [0.1, 0.15) is 38.2 Å². The molecule has 1 aromatic rings. The van der Waals surface area contributed by atoms with Gasteiger partial charge >= 0.3 is 17.9 Å². The lowest BCUT2D eigenvalue weighted by atomic mass is 10.0. The maximum Gasteiger partial charge on any atom is 0.327 e. The average Bonchev–Trinajstić information content (AvgIpc) is 3.31. The molecule has 0 bridgehead atoms. The third kappa shape index (κ3) is 24.1. The normalized spacial score (nSPS) is 14.5. The molecule has 72 heavy (non-hydrogen) atoms. The zero-order valence-corrected chi connectivity index (χ0v) is 42.1. The van der Waals surface area contributed by atoms with Gasteiger partial charge in [0.05, 0.1) is 25.4 Å². The summed E-state index contributed by atoms with van der Waals surface area (Å²) in [5, 5.41) is 48.8. The van der Waals surface area contributed by atoms with Crippen LogP contribution in [0.2, 0.25) is 0 Å². The number of aliphatic imine (C=N–C) groups is 1. The average molecular weight is 1090 g/mol. The van der Waals surface area contributed by atoms with Gasteiger partial charge < -0.3 is 80.4 Å². The van der Waals surface area contributed by atoms with E-state index in [0.29, 0.717) is 5.56 Å². The van der Waals surface area contributed by atoms with E-state index in [-0.39, 0.29) is 43.3 Å². The number of amides is 9. The molecule has 0 fully saturated rings. The fourth-order valence-electron chi connectivity index (χ4n) is 5.84. The number of thiol groups is 4. The van der Waals surface area contributed by atoms with Gasteiger partial charge in [-0.25, -0.2) is 4.79 Å². The number of nitrogens with zero attached hydrogens (tertiary/aromatic N) is 1. The summed E-state index contributed by atoms with van der Waals surface area (Å²) in [6.45, 7) is 0.353. The molecule has 0 unspecified atom stereocenters. The lowest BCUT2D eigenvalue weighted by Gasteiger charge is -2.25. The number of carboxylic acid groups (broad SMARTS) is 3. The first-order chi connectivity index (χ1) is 33.9. The molecule has 1 aromatic carbocycles. The summed E-state index contributed by atoms with van der Waals surface area (Å²) in [5.74, 6) is -15.5. The molecule has 0 spiro atoms. The molecule has 1 rings (SSSR count). The van der Waals surface area contributed by atoms with Gasteiger partial charge in [-0.15, -0.1) is 0 Å². The molecule has 9 amide bonds. The van der Waals surface area contributed by atoms with Crippen molar-refractivity contribution in [3.05, 3.63) is 35.9 Å². The number of carboxylic acids is 3. The van der Waals surface area contributed by atoms with Crippen LogP contribution in [0.4, 0.5) is 0 Å². The van der Waals surface area contributed by atoms with E-state index in [4.69, 9.17) is 17.2 Å². The number of nitrogens with two attached hydrogens (primary N) is 3. The largest absolute Gasteiger partial charge is 0.481 e. The summed E-state index contributed by atoms with van der Waals surface area (Å²) < 4.78 is 0. The maximum atomic E-state index is 13.5. The van der Waals surface area contributed by atoms with Crippen LogP contribution in [0, 0.1) is 0 Å². The van der Waals surface area contributed by atoms with Crippen LogP contribution in [0.5, 0.6) is 0 Å². The Balaban J connectivity index is 3.21. The Hall–Kier alpha value is -6.51. The maximum absolute atomic E-state index is 13.5.